The van der Waals surface area contributed by atoms with Crippen molar-refractivity contribution in [3.05, 3.63) is 79.2 Å². The molecule has 3 aromatic heterocycles. The Bertz CT molecular complexity index is 1460. The van der Waals surface area contributed by atoms with Crippen molar-refractivity contribution in [1.82, 2.24) is 25.3 Å². The zero-order valence-corrected chi connectivity index (χ0v) is 19.9. The fraction of sp³-hybridized carbons (Fsp3) is 0.192. The molecule has 1 aromatic carbocycles. The lowest BCUT2D eigenvalue weighted by molar-refractivity contribution is -0.111. The standard InChI is InChI=1S/C26H25FN8O2/c1-2-22(36)33-17-7-8-30-20(11-17)23-19(27)5-3-16-12-32-25(35-24(16)23)34-18-4-6-21(31-13-18)26(14-28)15-29-9-10-37-26/h2-8,11-13,29H,1,9-10,14-15,28H2,(H,30,33,36)(H,32,34,35)/t26-/m1/s1. The number of halogens is 1. The van der Waals surface area contributed by atoms with E-state index in [1.165, 1.54) is 12.3 Å². The number of morpholine rings is 1. The fourth-order valence-electron chi connectivity index (χ4n) is 4.14. The highest BCUT2D eigenvalue weighted by Crippen LogP contribution is 2.31. The summed E-state index contributed by atoms with van der Waals surface area (Å²) < 4.78 is 21.0. The Labute approximate surface area is 212 Å². The van der Waals surface area contributed by atoms with Crippen LogP contribution < -0.4 is 21.7 Å². The third kappa shape index (κ3) is 5.00. The Kier molecular flexibility index (Phi) is 6.82. The molecule has 1 atom stereocenters. The molecule has 1 fully saturated rings. The van der Waals surface area contributed by atoms with Gasteiger partial charge in [0.05, 0.1) is 41.0 Å². The van der Waals surface area contributed by atoms with Gasteiger partial charge in [-0.25, -0.2) is 14.4 Å². The van der Waals surface area contributed by atoms with Crippen molar-refractivity contribution in [2.24, 2.45) is 5.73 Å². The van der Waals surface area contributed by atoms with Crippen molar-refractivity contribution in [2.75, 3.05) is 36.9 Å². The number of pyridine rings is 2. The number of anilines is 3. The molecule has 5 rings (SSSR count). The molecule has 4 heterocycles. The third-order valence-electron chi connectivity index (χ3n) is 6.05. The molecule has 1 aliphatic rings. The first kappa shape index (κ1) is 24.4. The number of nitrogens with zero attached hydrogens (tertiary/aromatic N) is 4. The molecule has 188 valence electrons. The molecule has 11 heteroatoms. The lowest BCUT2D eigenvalue weighted by atomic mass is 9.97. The number of nitrogens with two attached hydrogens (primary N) is 1. The van der Waals surface area contributed by atoms with E-state index < -0.39 is 11.4 Å². The van der Waals surface area contributed by atoms with Crippen molar-refractivity contribution in [3.63, 3.8) is 0 Å². The van der Waals surface area contributed by atoms with Gasteiger partial charge in [-0.1, -0.05) is 6.58 Å². The minimum Gasteiger partial charge on any atom is -0.365 e. The second-order valence-corrected chi connectivity index (χ2v) is 8.46. The lowest BCUT2D eigenvalue weighted by Gasteiger charge is -2.36. The van der Waals surface area contributed by atoms with Crippen LogP contribution in [0.3, 0.4) is 0 Å². The Morgan fingerprint density at radius 3 is 2.81 bits per heavy atom. The zero-order valence-electron chi connectivity index (χ0n) is 19.9. The molecule has 1 saturated heterocycles. The Morgan fingerprint density at radius 1 is 1.19 bits per heavy atom. The van der Waals surface area contributed by atoms with Gasteiger partial charge in [-0.15, -0.1) is 0 Å². The van der Waals surface area contributed by atoms with E-state index in [1.54, 1.807) is 30.6 Å². The van der Waals surface area contributed by atoms with Crippen LogP contribution >= 0.6 is 0 Å². The predicted molar refractivity (Wildman–Crippen MR) is 139 cm³/mol. The maximum atomic E-state index is 15.1. The number of amides is 1. The van der Waals surface area contributed by atoms with Crippen LogP contribution in [0.25, 0.3) is 22.2 Å². The molecule has 5 N–H and O–H groups in total. The summed E-state index contributed by atoms with van der Waals surface area (Å²) in [6.45, 7) is 5.65. The second kappa shape index (κ2) is 10.3. The van der Waals surface area contributed by atoms with Gasteiger partial charge in [0.25, 0.3) is 0 Å². The van der Waals surface area contributed by atoms with Crippen LogP contribution in [0.2, 0.25) is 0 Å². The second-order valence-electron chi connectivity index (χ2n) is 8.46. The van der Waals surface area contributed by atoms with Gasteiger partial charge in [0.15, 0.2) is 0 Å². The highest BCUT2D eigenvalue weighted by molar-refractivity contribution is 6.00. The number of benzene rings is 1. The molecule has 4 aromatic rings. The quantitative estimate of drug-likeness (QED) is 0.282. The number of hydrogen-bond acceptors (Lipinski definition) is 9. The molecule has 1 amide bonds. The van der Waals surface area contributed by atoms with E-state index in [-0.39, 0.29) is 17.4 Å². The minimum atomic E-state index is -0.671. The molecule has 1 aliphatic heterocycles. The molecule has 37 heavy (non-hydrogen) atoms. The summed E-state index contributed by atoms with van der Waals surface area (Å²) in [5.41, 5.74) is 8.03. The molecule has 0 unspecified atom stereocenters. The van der Waals surface area contributed by atoms with E-state index in [2.05, 4.69) is 42.5 Å². The maximum Gasteiger partial charge on any atom is 0.247 e. The van der Waals surface area contributed by atoms with Gasteiger partial charge >= 0.3 is 0 Å². The fourth-order valence-corrected chi connectivity index (χ4v) is 4.14. The van der Waals surface area contributed by atoms with Gasteiger partial charge in [-0.3, -0.25) is 14.8 Å². The van der Waals surface area contributed by atoms with Crippen LogP contribution in [0, 0.1) is 5.82 Å². The normalized spacial score (nSPS) is 17.4. The lowest BCUT2D eigenvalue weighted by Crippen LogP contribution is -2.52. The largest absolute Gasteiger partial charge is 0.365 e. The zero-order chi connectivity index (χ0) is 25.8. The monoisotopic (exact) mass is 500 g/mol. The van der Waals surface area contributed by atoms with Crippen molar-refractivity contribution in [3.8, 4) is 11.3 Å². The van der Waals surface area contributed by atoms with Crippen LogP contribution in [0.4, 0.5) is 21.7 Å². The molecule has 0 radical (unpaired) electrons. The molecule has 0 spiro atoms. The van der Waals surface area contributed by atoms with Crippen LogP contribution in [-0.2, 0) is 15.1 Å². The summed E-state index contributed by atoms with van der Waals surface area (Å²) in [7, 11) is 0. The van der Waals surface area contributed by atoms with Gasteiger partial charge in [-0.2, -0.15) is 0 Å². The van der Waals surface area contributed by atoms with E-state index in [0.717, 1.165) is 18.3 Å². The maximum absolute atomic E-state index is 15.1. The molecule has 0 saturated carbocycles. The molecule has 0 bridgehead atoms. The number of carbonyl (C=O) groups is 1. The Morgan fingerprint density at radius 2 is 2.08 bits per heavy atom. The van der Waals surface area contributed by atoms with Crippen LogP contribution in [0.5, 0.6) is 0 Å². The van der Waals surface area contributed by atoms with Gasteiger partial charge in [0, 0.05) is 43.1 Å². The summed E-state index contributed by atoms with van der Waals surface area (Å²) in [5.74, 6) is -0.627. The van der Waals surface area contributed by atoms with Crippen molar-refractivity contribution in [2.45, 2.75) is 5.60 Å². The predicted octanol–water partition coefficient (Wildman–Crippen LogP) is 2.87. The topological polar surface area (TPSA) is 140 Å². The molecule has 0 aliphatic carbocycles. The summed E-state index contributed by atoms with van der Waals surface area (Å²) in [6, 6.07) is 9.81. The average Bonchev–Trinajstić information content (AvgIpc) is 2.93. The number of aromatic nitrogens is 4. The first-order valence-electron chi connectivity index (χ1n) is 11.6. The smallest absolute Gasteiger partial charge is 0.247 e. The first-order chi connectivity index (χ1) is 18.0. The Balaban J connectivity index is 1.46. The number of nitrogens with one attached hydrogen (secondary N) is 3. The molecular weight excluding hydrogens is 475 g/mol. The summed E-state index contributed by atoms with van der Waals surface area (Å²) >= 11 is 0. The SMILES string of the molecule is C=CC(=O)Nc1ccnc(-c2c(F)ccc3cnc(Nc4ccc([C@@]5(CN)CNCCO5)nc4)nc23)c1. The van der Waals surface area contributed by atoms with Crippen LogP contribution in [-0.4, -0.2) is 52.1 Å². The first-order valence-corrected chi connectivity index (χ1v) is 11.6. The third-order valence-corrected chi connectivity index (χ3v) is 6.05. The Hall–Kier alpha value is -4.32. The number of hydrogen-bond donors (Lipinski definition) is 4. The van der Waals surface area contributed by atoms with E-state index in [0.29, 0.717) is 47.7 Å². The summed E-state index contributed by atoms with van der Waals surface area (Å²) in [4.78, 5) is 29.5. The minimum absolute atomic E-state index is 0.193. The number of rotatable bonds is 7. The van der Waals surface area contributed by atoms with Crippen molar-refractivity contribution >= 4 is 34.1 Å². The number of carbonyl (C=O) groups excluding carboxylic acids is 1. The highest BCUT2D eigenvalue weighted by atomic mass is 19.1. The van der Waals surface area contributed by atoms with Crippen molar-refractivity contribution in [1.29, 1.82) is 0 Å². The highest BCUT2D eigenvalue weighted by Gasteiger charge is 2.35. The van der Waals surface area contributed by atoms with Crippen molar-refractivity contribution < 1.29 is 13.9 Å². The van der Waals surface area contributed by atoms with Crippen LogP contribution in [0.15, 0.2) is 67.6 Å². The van der Waals surface area contributed by atoms with E-state index >= 15 is 4.39 Å². The number of ether oxygens (including phenoxy) is 1. The number of fused-ring (bicyclic) bond motifs is 1. The summed E-state index contributed by atoms with van der Waals surface area (Å²) in [6.07, 6.45) is 5.89. The van der Waals surface area contributed by atoms with Gasteiger partial charge in [-0.05, 0) is 42.5 Å². The van der Waals surface area contributed by atoms with Gasteiger partial charge in [0.1, 0.15) is 11.4 Å². The van der Waals surface area contributed by atoms with E-state index in [9.17, 15) is 4.79 Å². The van der Waals surface area contributed by atoms with Gasteiger partial charge < -0.3 is 26.4 Å². The van der Waals surface area contributed by atoms with E-state index in [1.807, 2.05) is 12.1 Å². The molecule has 10 nitrogen and oxygen atoms in total. The van der Waals surface area contributed by atoms with E-state index in [4.69, 9.17) is 10.5 Å². The average molecular weight is 501 g/mol. The van der Waals surface area contributed by atoms with Crippen LogP contribution in [0.1, 0.15) is 5.69 Å². The van der Waals surface area contributed by atoms with Gasteiger partial charge in [0.2, 0.25) is 11.9 Å². The molecular formula is C26H25FN8O2. The summed E-state index contributed by atoms with van der Waals surface area (Å²) in [5, 5.41) is 9.70.